The van der Waals surface area contributed by atoms with Crippen molar-refractivity contribution in [1.29, 1.82) is 0 Å². The predicted octanol–water partition coefficient (Wildman–Crippen LogP) is 0.655. The van der Waals surface area contributed by atoms with Crippen LogP contribution in [0.3, 0.4) is 0 Å². The van der Waals surface area contributed by atoms with Crippen molar-refractivity contribution in [3.8, 4) is 0 Å². The van der Waals surface area contributed by atoms with Crippen molar-refractivity contribution in [2.75, 3.05) is 13.2 Å². The van der Waals surface area contributed by atoms with Gasteiger partial charge in [0.05, 0.1) is 0 Å². The van der Waals surface area contributed by atoms with Gasteiger partial charge in [-0.05, 0) is 34.2 Å². The van der Waals surface area contributed by atoms with Crippen LogP contribution >= 0.6 is 15.9 Å². The summed E-state index contributed by atoms with van der Waals surface area (Å²) in [6.45, 7) is 4.28. The van der Waals surface area contributed by atoms with Gasteiger partial charge in [0.25, 0.3) is 10.0 Å². The van der Waals surface area contributed by atoms with E-state index in [1.807, 2.05) is 13.8 Å². The Morgan fingerprint density at radius 2 is 2.11 bits per heavy atom. The van der Waals surface area contributed by atoms with Crippen molar-refractivity contribution in [3.05, 3.63) is 4.60 Å². The fourth-order valence-corrected chi connectivity index (χ4v) is 3.94. The molecule has 0 bridgehead atoms. The third-order valence-corrected chi connectivity index (χ3v) is 5.03. The van der Waals surface area contributed by atoms with E-state index in [2.05, 4.69) is 31.0 Å². The highest BCUT2D eigenvalue weighted by molar-refractivity contribution is 9.10. The molecule has 0 unspecified atom stereocenters. The van der Waals surface area contributed by atoms with E-state index in [-0.39, 0.29) is 28.2 Å². The molecule has 110 valence electrons. The number of aromatic nitrogens is 3. The molecule has 0 aromatic carbocycles. The second kappa shape index (κ2) is 6.29. The Hall–Kier alpha value is -0.510. The second-order valence-corrected chi connectivity index (χ2v) is 7.56. The maximum Gasteiger partial charge on any atom is 0.260 e. The lowest BCUT2D eigenvalue weighted by Crippen LogP contribution is -2.35. The average molecular weight is 355 g/mol. The molecule has 0 atom stereocenters. The molecule has 0 saturated carbocycles. The van der Waals surface area contributed by atoms with E-state index in [4.69, 9.17) is 5.11 Å². The summed E-state index contributed by atoms with van der Waals surface area (Å²) in [4.78, 5) is 0. The number of nitrogens with one attached hydrogen (secondary N) is 1. The van der Waals surface area contributed by atoms with Crippen LogP contribution in [0.5, 0.6) is 0 Å². The van der Waals surface area contributed by atoms with E-state index in [0.29, 0.717) is 6.42 Å². The van der Waals surface area contributed by atoms with E-state index in [0.717, 1.165) is 6.42 Å². The quantitative estimate of drug-likeness (QED) is 0.749. The molecular weight excluding hydrogens is 336 g/mol. The van der Waals surface area contributed by atoms with Crippen LogP contribution in [0.4, 0.5) is 0 Å². The Balaban J connectivity index is 2.77. The zero-order valence-corrected chi connectivity index (χ0v) is 13.6. The highest BCUT2D eigenvalue weighted by Gasteiger charge is 2.26. The zero-order valence-electron chi connectivity index (χ0n) is 11.2. The smallest absolute Gasteiger partial charge is 0.260 e. The van der Waals surface area contributed by atoms with Gasteiger partial charge in [0.1, 0.15) is 0 Å². The first-order valence-electron chi connectivity index (χ1n) is 5.85. The third-order valence-electron chi connectivity index (χ3n) is 2.74. The summed E-state index contributed by atoms with van der Waals surface area (Å²) in [6, 6.07) is 0. The van der Waals surface area contributed by atoms with Gasteiger partial charge in [-0.1, -0.05) is 19.1 Å². The molecule has 7 nitrogen and oxygen atoms in total. The van der Waals surface area contributed by atoms with Gasteiger partial charge in [-0.15, -0.1) is 5.10 Å². The molecule has 1 aromatic rings. The predicted molar refractivity (Wildman–Crippen MR) is 74.0 cm³/mol. The number of halogens is 1. The third kappa shape index (κ3) is 4.51. The van der Waals surface area contributed by atoms with Crippen LogP contribution in [0.15, 0.2) is 9.63 Å². The summed E-state index contributed by atoms with van der Waals surface area (Å²) < 4.78 is 28.3. The van der Waals surface area contributed by atoms with Crippen molar-refractivity contribution in [2.24, 2.45) is 12.5 Å². The van der Waals surface area contributed by atoms with Crippen molar-refractivity contribution >= 4 is 26.0 Å². The molecule has 0 fully saturated rings. The molecule has 1 aromatic heterocycles. The van der Waals surface area contributed by atoms with Crippen LogP contribution in [0.2, 0.25) is 0 Å². The SMILES string of the molecule is Cn1nnc(Br)c1S(=O)(=O)NCC(C)(C)CCCO. The number of aryl methyl sites for hydroxylation is 1. The Kier molecular flexibility index (Phi) is 5.48. The maximum atomic E-state index is 12.2. The molecule has 0 aliphatic carbocycles. The van der Waals surface area contributed by atoms with Crippen LogP contribution < -0.4 is 4.72 Å². The van der Waals surface area contributed by atoms with Crippen LogP contribution in [0.25, 0.3) is 0 Å². The summed E-state index contributed by atoms with van der Waals surface area (Å²) in [5.41, 5.74) is -0.228. The lowest BCUT2D eigenvalue weighted by Gasteiger charge is -2.24. The Bertz CT molecular complexity index is 507. The molecule has 1 rings (SSSR count). The van der Waals surface area contributed by atoms with Crippen molar-refractivity contribution < 1.29 is 13.5 Å². The first-order valence-corrected chi connectivity index (χ1v) is 8.13. The lowest BCUT2D eigenvalue weighted by atomic mass is 9.88. The highest BCUT2D eigenvalue weighted by Crippen LogP contribution is 2.23. The molecule has 0 aliphatic heterocycles. The molecule has 1 heterocycles. The van der Waals surface area contributed by atoms with E-state index >= 15 is 0 Å². The normalized spacial score (nSPS) is 12.9. The van der Waals surface area contributed by atoms with Gasteiger partial charge in [-0.25, -0.2) is 17.8 Å². The monoisotopic (exact) mass is 354 g/mol. The summed E-state index contributed by atoms with van der Waals surface area (Å²) in [7, 11) is -2.14. The molecule has 0 aliphatic rings. The molecule has 9 heteroatoms. The van der Waals surface area contributed by atoms with Gasteiger partial charge in [-0.3, -0.25) is 0 Å². The van der Waals surface area contributed by atoms with Crippen LogP contribution in [0.1, 0.15) is 26.7 Å². The standard InChI is InChI=1S/C10H19BrN4O3S/c1-10(2,5-4-6-16)7-12-19(17,18)9-8(11)13-14-15(9)3/h12,16H,4-7H2,1-3H3. The summed E-state index contributed by atoms with van der Waals surface area (Å²) >= 11 is 3.07. The van der Waals surface area contributed by atoms with Gasteiger partial charge in [-0.2, -0.15) is 0 Å². The van der Waals surface area contributed by atoms with E-state index < -0.39 is 10.0 Å². The Labute approximate surface area is 121 Å². The molecule has 0 spiro atoms. The van der Waals surface area contributed by atoms with Gasteiger partial charge >= 0.3 is 0 Å². The minimum absolute atomic E-state index is 0.00505. The fourth-order valence-electron chi connectivity index (χ4n) is 1.61. The lowest BCUT2D eigenvalue weighted by molar-refractivity contribution is 0.242. The van der Waals surface area contributed by atoms with Gasteiger partial charge < -0.3 is 5.11 Å². The average Bonchev–Trinajstić information content (AvgIpc) is 2.65. The highest BCUT2D eigenvalue weighted by atomic mass is 79.9. The molecular formula is C10H19BrN4O3S. The van der Waals surface area contributed by atoms with Gasteiger partial charge in [0.15, 0.2) is 4.60 Å². The van der Waals surface area contributed by atoms with E-state index in [1.165, 1.54) is 11.7 Å². The second-order valence-electron chi connectivity index (χ2n) is 5.12. The summed E-state index contributed by atoms with van der Waals surface area (Å²) in [6.07, 6.45) is 1.38. The Morgan fingerprint density at radius 1 is 1.47 bits per heavy atom. The largest absolute Gasteiger partial charge is 0.396 e. The number of aliphatic hydroxyl groups is 1. The van der Waals surface area contributed by atoms with Crippen molar-refractivity contribution in [3.63, 3.8) is 0 Å². The number of hydrogen-bond donors (Lipinski definition) is 2. The minimum Gasteiger partial charge on any atom is -0.396 e. The minimum atomic E-state index is -3.66. The van der Waals surface area contributed by atoms with Crippen LogP contribution in [-0.2, 0) is 17.1 Å². The molecule has 19 heavy (non-hydrogen) atoms. The van der Waals surface area contributed by atoms with Gasteiger partial charge in [0.2, 0.25) is 5.03 Å². The first kappa shape index (κ1) is 16.5. The fraction of sp³-hybridized carbons (Fsp3) is 0.800. The molecule has 2 N–H and O–H groups in total. The summed E-state index contributed by atoms with van der Waals surface area (Å²) in [5.74, 6) is 0. The number of hydrogen-bond acceptors (Lipinski definition) is 5. The van der Waals surface area contributed by atoms with Crippen LogP contribution in [0, 0.1) is 5.41 Å². The molecule has 0 radical (unpaired) electrons. The molecule has 0 amide bonds. The van der Waals surface area contributed by atoms with Gasteiger partial charge in [0, 0.05) is 20.2 Å². The van der Waals surface area contributed by atoms with E-state index in [1.54, 1.807) is 0 Å². The number of rotatable bonds is 7. The van der Waals surface area contributed by atoms with E-state index in [9.17, 15) is 8.42 Å². The number of nitrogens with zero attached hydrogens (tertiary/aromatic N) is 3. The van der Waals surface area contributed by atoms with Crippen molar-refractivity contribution in [1.82, 2.24) is 19.7 Å². The zero-order chi connectivity index (χ0) is 14.7. The summed E-state index contributed by atoms with van der Waals surface area (Å²) in [5, 5.41) is 16.1. The topological polar surface area (TPSA) is 97.1 Å². The van der Waals surface area contributed by atoms with Crippen LogP contribution in [-0.4, -0.2) is 41.7 Å². The number of aliphatic hydroxyl groups excluding tert-OH is 1. The molecule has 0 saturated heterocycles. The number of sulfonamides is 1. The first-order chi connectivity index (χ1) is 8.69. The van der Waals surface area contributed by atoms with Crippen molar-refractivity contribution in [2.45, 2.75) is 31.7 Å². The maximum absolute atomic E-state index is 12.2. The Morgan fingerprint density at radius 3 is 2.58 bits per heavy atom.